The van der Waals surface area contributed by atoms with Gasteiger partial charge in [0.1, 0.15) is 0 Å². The number of nitriles is 1. The molecule has 0 saturated carbocycles. The van der Waals surface area contributed by atoms with Crippen LogP contribution >= 0.6 is 0 Å². The first-order valence-electron chi connectivity index (χ1n) is 12.7. The molecule has 0 amide bonds. The molecule has 2 aromatic heterocycles. The Morgan fingerprint density at radius 3 is 2.26 bits per heavy atom. The van der Waals surface area contributed by atoms with Gasteiger partial charge >= 0.3 is 20.1 Å². The maximum Gasteiger partial charge on any atom is 3.00 e. The van der Waals surface area contributed by atoms with Crippen molar-refractivity contribution in [2.45, 2.75) is 27.7 Å². The van der Waals surface area contributed by atoms with E-state index in [1.807, 2.05) is 67.7 Å². The van der Waals surface area contributed by atoms with Crippen LogP contribution in [-0.4, -0.2) is 4.98 Å². The number of aryl methyl sites for hydroxylation is 2. The molecular weight excluding hydrogens is 655 g/mol. The molecule has 1 aliphatic rings. The molecule has 0 unspecified atom stereocenters. The Morgan fingerprint density at radius 2 is 1.54 bits per heavy atom. The number of benzene rings is 3. The van der Waals surface area contributed by atoms with E-state index in [0.29, 0.717) is 5.56 Å². The third kappa shape index (κ3) is 5.52. The van der Waals surface area contributed by atoms with Gasteiger partial charge in [0, 0.05) is 23.4 Å². The van der Waals surface area contributed by atoms with Gasteiger partial charge in [-0.15, -0.1) is 59.5 Å². The summed E-state index contributed by atoms with van der Waals surface area (Å²) < 4.78 is 2.34. The second-order valence-electron chi connectivity index (χ2n) is 9.46. The first-order chi connectivity index (χ1) is 18.5. The third-order valence-electron chi connectivity index (χ3n) is 7.10. The standard InChI is InChI=1S/C19H13N2.C16H16N.Ir/c1-14-11-19(15-7-3-2-4-8-15)21-13-18(14)17-10-6-5-9-16(17)12-20;1-11-7-6-10-16-15-9-5-4-8-14(15)12(2)13(3)17(11)16;/h2-7,9-11,13H,1H3;4-10H,1-3H3;/q2*-1;+3. The van der Waals surface area contributed by atoms with Crippen LogP contribution in [0.4, 0.5) is 0 Å². The van der Waals surface area contributed by atoms with Crippen LogP contribution in [0.1, 0.15) is 36.2 Å². The molecular formula is C35H29IrN3+. The summed E-state index contributed by atoms with van der Waals surface area (Å²) in [5.41, 5.74) is 10.8. The Labute approximate surface area is 245 Å². The van der Waals surface area contributed by atoms with E-state index in [2.05, 4.69) is 84.9 Å². The van der Waals surface area contributed by atoms with E-state index in [4.69, 9.17) is 0 Å². The quantitative estimate of drug-likeness (QED) is 0.141. The predicted octanol–water partition coefficient (Wildman–Crippen LogP) is 7.70. The average molecular weight is 684 g/mol. The molecule has 0 aliphatic carbocycles. The Morgan fingerprint density at radius 1 is 0.821 bits per heavy atom. The average Bonchev–Trinajstić information content (AvgIpc) is 2.96. The molecule has 5 aromatic rings. The van der Waals surface area contributed by atoms with E-state index < -0.39 is 0 Å². The fourth-order valence-electron chi connectivity index (χ4n) is 5.02. The summed E-state index contributed by atoms with van der Waals surface area (Å²) in [4.78, 5) is 4.52. The van der Waals surface area contributed by atoms with Crippen LogP contribution in [-0.2, 0) is 20.1 Å². The van der Waals surface area contributed by atoms with Gasteiger partial charge in [-0.2, -0.15) is 16.9 Å². The zero-order valence-corrected chi connectivity index (χ0v) is 24.9. The fraction of sp³-hybridized carbons (Fsp3) is 0.114. The van der Waals surface area contributed by atoms with Gasteiger partial charge in [0.2, 0.25) is 0 Å². The predicted molar refractivity (Wildman–Crippen MR) is 153 cm³/mol. The fourth-order valence-corrected chi connectivity index (χ4v) is 5.02. The molecule has 4 heteroatoms. The summed E-state index contributed by atoms with van der Waals surface area (Å²) in [6, 6.07) is 39.3. The monoisotopic (exact) mass is 684 g/mol. The smallest absolute Gasteiger partial charge is 0.343 e. The van der Waals surface area contributed by atoms with Crippen molar-refractivity contribution in [2.24, 2.45) is 0 Å². The van der Waals surface area contributed by atoms with Gasteiger partial charge in [0.05, 0.1) is 23.0 Å². The van der Waals surface area contributed by atoms with Gasteiger partial charge in [-0.1, -0.05) is 55.5 Å². The SMILES string of the molecule is Cc1cc(-c2[c-]cccc2)ncc1-c1ccccc1C#N.Cc1cccc2[n+]1[C-](C)[C-](C)c1ccccc1-2.[Ir+3]. The normalized spacial score (nSPS) is 11.3. The minimum Gasteiger partial charge on any atom is -0.343 e. The number of fused-ring (bicyclic) bond motifs is 3. The van der Waals surface area contributed by atoms with E-state index in [1.165, 1.54) is 34.5 Å². The first-order valence-corrected chi connectivity index (χ1v) is 12.7. The number of rotatable bonds is 2. The van der Waals surface area contributed by atoms with Crippen molar-refractivity contribution in [3.05, 3.63) is 144 Å². The summed E-state index contributed by atoms with van der Waals surface area (Å²) >= 11 is 0. The van der Waals surface area contributed by atoms with Crippen LogP contribution in [0.25, 0.3) is 33.6 Å². The molecule has 0 bridgehead atoms. The van der Waals surface area contributed by atoms with Crippen molar-refractivity contribution in [3.8, 4) is 39.7 Å². The molecule has 3 nitrogen and oxygen atoms in total. The van der Waals surface area contributed by atoms with E-state index in [9.17, 15) is 5.26 Å². The second-order valence-corrected chi connectivity index (χ2v) is 9.46. The summed E-state index contributed by atoms with van der Waals surface area (Å²) in [7, 11) is 0. The number of nitrogens with zero attached hydrogens (tertiary/aromatic N) is 3. The van der Waals surface area contributed by atoms with Gasteiger partial charge in [-0.25, -0.2) is 0 Å². The van der Waals surface area contributed by atoms with Gasteiger partial charge < -0.3 is 9.55 Å². The van der Waals surface area contributed by atoms with Crippen molar-refractivity contribution >= 4 is 0 Å². The third-order valence-corrected chi connectivity index (χ3v) is 7.10. The largest absolute Gasteiger partial charge is 3.00 e. The maximum atomic E-state index is 9.23. The van der Waals surface area contributed by atoms with Gasteiger partial charge in [-0.3, -0.25) is 0 Å². The molecule has 3 heterocycles. The number of pyridine rings is 2. The van der Waals surface area contributed by atoms with Crippen LogP contribution < -0.4 is 4.57 Å². The van der Waals surface area contributed by atoms with Crippen molar-refractivity contribution in [1.82, 2.24) is 4.98 Å². The molecule has 1 aliphatic heterocycles. The Hall–Kier alpha value is -4.16. The molecule has 0 saturated heterocycles. The molecule has 6 rings (SSSR count). The molecule has 3 aromatic carbocycles. The Kier molecular flexibility index (Phi) is 8.67. The number of hydrogen-bond donors (Lipinski definition) is 0. The molecule has 0 spiro atoms. The van der Waals surface area contributed by atoms with Crippen LogP contribution in [0.15, 0.2) is 103 Å². The summed E-state index contributed by atoms with van der Waals surface area (Å²) in [6.45, 7) is 8.60. The molecule has 0 N–H and O–H groups in total. The number of aromatic nitrogens is 2. The van der Waals surface area contributed by atoms with Crippen molar-refractivity contribution in [1.29, 1.82) is 5.26 Å². The van der Waals surface area contributed by atoms with Gasteiger partial charge in [-0.05, 0) is 38.1 Å². The van der Waals surface area contributed by atoms with Crippen LogP contribution in [0.2, 0.25) is 0 Å². The van der Waals surface area contributed by atoms with Crippen molar-refractivity contribution < 1.29 is 24.7 Å². The van der Waals surface area contributed by atoms with E-state index in [-0.39, 0.29) is 20.1 Å². The summed E-state index contributed by atoms with van der Waals surface area (Å²) in [5, 5.41) is 9.23. The zero-order valence-electron chi connectivity index (χ0n) is 22.5. The number of hydrogen-bond acceptors (Lipinski definition) is 2. The van der Waals surface area contributed by atoms with Crippen molar-refractivity contribution in [3.63, 3.8) is 0 Å². The molecule has 39 heavy (non-hydrogen) atoms. The maximum absolute atomic E-state index is 9.23. The topological polar surface area (TPSA) is 40.6 Å². The minimum absolute atomic E-state index is 0. The molecule has 0 radical (unpaired) electrons. The Balaban J connectivity index is 0.000000180. The van der Waals surface area contributed by atoms with Crippen LogP contribution in [0.3, 0.4) is 0 Å². The Bertz CT molecular complexity index is 1640. The summed E-state index contributed by atoms with van der Waals surface area (Å²) in [5.74, 6) is 1.37. The van der Waals surface area contributed by atoms with E-state index in [1.54, 1.807) is 0 Å². The van der Waals surface area contributed by atoms with Crippen molar-refractivity contribution in [2.75, 3.05) is 0 Å². The molecule has 0 atom stereocenters. The second kappa shape index (κ2) is 12.1. The van der Waals surface area contributed by atoms with Gasteiger partial charge in [0.25, 0.3) is 0 Å². The van der Waals surface area contributed by atoms with E-state index in [0.717, 1.165) is 27.9 Å². The van der Waals surface area contributed by atoms with Crippen LogP contribution in [0, 0.1) is 43.2 Å². The van der Waals surface area contributed by atoms with E-state index >= 15 is 0 Å². The van der Waals surface area contributed by atoms with Crippen LogP contribution in [0.5, 0.6) is 0 Å². The minimum atomic E-state index is 0. The summed E-state index contributed by atoms with van der Waals surface area (Å²) in [6.07, 6.45) is 1.84. The molecule has 192 valence electrons. The molecule has 0 fully saturated rings. The first kappa shape index (κ1) is 27.9. The van der Waals surface area contributed by atoms with Gasteiger partial charge in [0.15, 0.2) is 0 Å². The zero-order chi connectivity index (χ0) is 26.6.